The van der Waals surface area contributed by atoms with Crippen LogP contribution in [0.4, 0.5) is 5.82 Å². The second kappa shape index (κ2) is 11.9. The van der Waals surface area contributed by atoms with Gasteiger partial charge in [0.05, 0.1) is 10.5 Å². The smallest absolute Gasteiger partial charge is 0.267 e. The minimum atomic E-state index is -0.147. The lowest BCUT2D eigenvalue weighted by molar-refractivity contribution is -0.122. The Morgan fingerprint density at radius 3 is 2.53 bits per heavy atom. The summed E-state index contributed by atoms with van der Waals surface area (Å²) in [6, 6.07) is 3.83. The van der Waals surface area contributed by atoms with E-state index >= 15 is 0 Å². The van der Waals surface area contributed by atoms with Crippen LogP contribution < -0.4 is 10.5 Å². The second-order valence-corrected chi connectivity index (χ2v) is 12.2. The molecule has 2 fully saturated rings. The first-order valence-electron chi connectivity index (χ1n) is 13.3. The molecule has 0 aliphatic carbocycles. The molecule has 8 heteroatoms. The molecule has 6 nitrogen and oxygen atoms in total. The Morgan fingerprint density at radius 2 is 1.81 bits per heavy atom. The predicted molar refractivity (Wildman–Crippen MR) is 155 cm³/mol. The average molecular weight is 527 g/mol. The fraction of sp³-hybridized carbons (Fsp3) is 0.571. The van der Waals surface area contributed by atoms with Crippen molar-refractivity contribution in [2.45, 2.75) is 72.6 Å². The number of rotatable bonds is 9. The average Bonchev–Trinajstić information content (AvgIpc) is 3.10. The van der Waals surface area contributed by atoms with Crippen LogP contribution in [-0.2, 0) is 4.79 Å². The molecule has 0 aromatic carbocycles. The third-order valence-electron chi connectivity index (χ3n) is 7.12. The molecule has 2 aromatic rings. The molecular formula is C28H38N4O2S2. The van der Waals surface area contributed by atoms with E-state index in [1.807, 2.05) is 19.1 Å². The molecule has 2 saturated heterocycles. The number of aryl methyl sites for hydroxylation is 1. The van der Waals surface area contributed by atoms with Crippen LogP contribution in [0.15, 0.2) is 28.0 Å². The summed E-state index contributed by atoms with van der Waals surface area (Å²) in [6.45, 7) is 11.0. The van der Waals surface area contributed by atoms with Gasteiger partial charge in [0.1, 0.15) is 15.8 Å². The van der Waals surface area contributed by atoms with Crippen LogP contribution in [0.1, 0.15) is 76.8 Å². The van der Waals surface area contributed by atoms with Crippen molar-refractivity contribution in [2.75, 3.05) is 24.5 Å². The number of pyridine rings is 1. The highest BCUT2D eigenvalue weighted by Gasteiger charge is 2.33. The van der Waals surface area contributed by atoms with Gasteiger partial charge in [-0.2, -0.15) is 0 Å². The van der Waals surface area contributed by atoms with E-state index in [4.69, 9.17) is 17.2 Å². The summed E-state index contributed by atoms with van der Waals surface area (Å²) in [6.07, 6.45) is 11.6. The zero-order chi connectivity index (χ0) is 25.8. The van der Waals surface area contributed by atoms with E-state index < -0.39 is 0 Å². The van der Waals surface area contributed by atoms with Gasteiger partial charge in [-0.05, 0) is 49.3 Å². The lowest BCUT2D eigenvalue weighted by Gasteiger charge is -2.36. The normalized spacial score (nSPS) is 21.8. The molecule has 0 radical (unpaired) electrons. The molecule has 0 bridgehead atoms. The van der Waals surface area contributed by atoms with Gasteiger partial charge in [0, 0.05) is 25.8 Å². The molecule has 0 saturated carbocycles. The SMILES string of the molecule is CCCCCCCCN1C(=O)/C(=C/c2c(N3C[C@H](C)C[C@@H](C)C3)nc3c(C)cccn3c2=O)SC1=S. The molecule has 0 N–H and O–H groups in total. The number of amides is 1. The van der Waals surface area contributed by atoms with Crippen molar-refractivity contribution in [1.29, 1.82) is 0 Å². The number of piperidine rings is 1. The Morgan fingerprint density at radius 1 is 1.11 bits per heavy atom. The van der Waals surface area contributed by atoms with E-state index in [-0.39, 0.29) is 11.5 Å². The number of hydrogen-bond donors (Lipinski definition) is 0. The molecule has 0 unspecified atom stereocenters. The Hall–Kier alpha value is -2.19. The zero-order valence-corrected chi connectivity index (χ0v) is 23.6. The van der Waals surface area contributed by atoms with Crippen LogP contribution in [-0.4, -0.2) is 44.1 Å². The highest BCUT2D eigenvalue weighted by Crippen LogP contribution is 2.35. The van der Waals surface area contributed by atoms with Crippen molar-refractivity contribution in [2.24, 2.45) is 11.8 Å². The van der Waals surface area contributed by atoms with Crippen molar-refractivity contribution < 1.29 is 4.79 Å². The molecule has 2 aliphatic heterocycles. The van der Waals surface area contributed by atoms with E-state index in [0.717, 1.165) is 37.9 Å². The molecule has 2 aromatic heterocycles. The molecule has 0 spiro atoms. The number of anilines is 1. The first-order valence-corrected chi connectivity index (χ1v) is 14.5. The summed E-state index contributed by atoms with van der Waals surface area (Å²) < 4.78 is 2.17. The largest absolute Gasteiger partial charge is 0.355 e. The highest BCUT2D eigenvalue weighted by atomic mass is 32.2. The third kappa shape index (κ3) is 5.86. The maximum atomic E-state index is 13.7. The number of carbonyl (C=O) groups excluding carboxylic acids is 1. The highest BCUT2D eigenvalue weighted by molar-refractivity contribution is 8.26. The van der Waals surface area contributed by atoms with E-state index in [9.17, 15) is 9.59 Å². The minimum Gasteiger partial charge on any atom is -0.355 e. The van der Waals surface area contributed by atoms with Gasteiger partial charge in [-0.25, -0.2) is 4.98 Å². The van der Waals surface area contributed by atoms with Crippen LogP contribution >= 0.6 is 24.0 Å². The number of thiocarbonyl (C=S) groups is 1. The number of aromatic nitrogens is 2. The summed E-state index contributed by atoms with van der Waals surface area (Å²) in [5.41, 5.74) is 1.94. The number of unbranched alkanes of at least 4 members (excludes halogenated alkanes) is 5. The summed E-state index contributed by atoms with van der Waals surface area (Å²) in [4.78, 5) is 36.5. The second-order valence-electron chi connectivity index (χ2n) is 10.5. The van der Waals surface area contributed by atoms with Gasteiger partial charge in [0.25, 0.3) is 11.5 Å². The summed E-state index contributed by atoms with van der Waals surface area (Å²) in [7, 11) is 0. The van der Waals surface area contributed by atoms with Crippen molar-refractivity contribution in [3.05, 3.63) is 44.7 Å². The molecule has 4 heterocycles. The Balaban J connectivity index is 1.66. The van der Waals surface area contributed by atoms with Gasteiger partial charge in [-0.1, -0.05) is 82.9 Å². The standard InChI is InChI=1S/C28H38N4O2S2/c1-5-6-7-8-9-10-13-32-27(34)23(36-28(32)35)16-22-25(30-17-19(2)15-20(3)18-30)29-24-21(4)12-11-14-31(24)26(22)33/h11-12,14,16,19-20H,5-10,13,15,17-18H2,1-4H3/b23-16-/t19-,20-/m1/s1. The molecule has 194 valence electrons. The predicted octanol–water partition coefficient (Wildman–Crippen LogP) is 6.05. The van der Waals surface area contributed by atoms with Crippen LogP contribution in [0.5, 0.6) is 0 Å². The number of hydrogen-bond acceptors (Lipinski definition) is 6. The number of nitrogens with zero attached hydrogens (tertiary/aromatic N) is 4. The molecule has 2 atom stereocenters. The molecule has 36 heavy (non-hydrogen) atoms. The number of thioether (sulfide) groups is 1. The Bertz CT molecular complexity index is 1210. The van der Waals surface area contributed by atoms with Gasteiger partial charge in [-0.3, -0.25) is 18.9 Å². The molecule has 2 aliphatic rings. The monoisotopic (exact) mass is 526 g/mol. The summed E-state index contributed by atoms with van der Waals surface area (Å²) in [5.74, 6) is 1.59. The number of carbonyl (C=O) groups is 1. The topological polar surface area (TPSA) is 57.9 Å². The first-order chi connectivity index (χ1) is 17.3. The van der Waals surface area contributed by atoms with Crippen molar-refractivity contribution in [3.63, 3.8) is 0 Å². The third-order valence-corrected chi connectivity index (χ3v) is 8.49. The van der Waals surface area contributed by atoms with Crippen LogP contribution in [0.3, 0.4) is 0 Å². The fourth-order valence-corrected chi connectivity index (χ4v) is 6.67. The fourth-order valence-electron chi connectivity index (χ4n) is 5.38. The maximum Gasteiger partial charge on any atom is 0.267 e. The van der Waals surface area contributed by atoms with Gasteiger partial charge in [0.15, 0.2) is 0 Å². The van der Waals surface area contributed by atoms with E-state index in [1.165, 1.54) is 37.4 Å². The quantitative estimate of drug-likeness (QED) is 0.225. The molecule has 4 rings (SSSR count). The minimum absolute atomic E-state index is 0.0985. The van der Waals surface area contributed by atoms with Crippen LogP contribution in [0, 0.1) is 18.8 Å². The lowest BCUT2D eigenvalue weighted by atomic mass is 9.91. The zero-order valence-electron chi connectivity index (χ0n) is 22.0. The van der Waals surface area contributed by atoms with Crippen LogP contribution in [0.2, 0.25) is 0 Å². The Labute approximate surface area is 224 Å². The number of fused-ring (bicyclic) bond motifs is 1. The summed E-state index contributed by atoms with van der Waals surface area (Å²) >= 11 is 6.86. The lowest BCUT2D eigenvalue weighted by Crippen LogP contribution is -2.40. The first kappa shape index (κ1) is 26.9. The van der Waals surface area contributed by atoms with E-state index in [0.29, 0.717) is 44.6 Å². The van der Waals surface area contributed by atoms with Gasteiger partial charge in [-0.15, -0.1) is 0 Å². The summed E-state index contributed by atoms with van der Waals surface area (Å²) in [5, 5.41) is 0. The van der Waals surface area contributed by atoms with Gasteiger partial charge < -0.3 is 4.90 Å². The van der Waals surface area contributed by atoms with Gasteiger partial charge >= 0.3 is 0 Å². The Kier molecular flexibility index (Phi) is 8.88. The van der Waals surface area contributed by atoms with Crippen molar-refractivity contribution in [1.82, 2.24) is 14.3 Å². The maximum absolute atomic E-state index is 13.7. The van der Waals surface area contributed by atoms with Gasteiger partial charge in [0.2, 0.25) is 0 Å². The molecule has 1 amide bonds. The van der Waals surface area contributed by atoms with E-state index in [2.05, 4.69) is 25.7 Å². The van der Waals surface area contributed by atoms with E-state index in [1.54, 1.807) is 21.6 Å². The van der Waals surface area contributed by atoms with Crippen molar-refractivity contribution in [3.8, 4) is 0 Å². The van der Waals surface area contributed by atoms with Crippen molar-refractivity contribution >= 4 is 51.7 Å². The van der Waals surface area contributed by atoms with Crippen LogP contribution in [0.25, 0.3) is 11.7 Å². The molecular weight excluding hydrogens is 488 g/mol.